The van der Waals surface area contributed by atoms with E-state index in [1.54, 1.807) is 6.92 Å². The van der Waals surface area contributed by atoms with Crippen molar-refractivity contribution in [2.24, 2.45) is 0 Å². The Bertz CT molecular complexity index is 538. The Morgan fingerprint density at radius 2 is 2.00 bits per heavy atom. The molecule has 1 aromatic carbocycles. The molecule has 0 spiro atoms. The van der Waals surface area contributed by atoms with Crippen molar-refractivity contribution in [3.05, 3.63) is 35.1 Å². The molecule has 21 heavy (non-hydrogen) atoms. The van der Waals surface area contributed by atoms with Crippen LogP contribution in [0.4, 0.5) is 4.39 Å². The number of rotatable bonds is 6. The van der Waals surface area contributed by atoms with Gasteiger partial charge in [0, 0.05) is 12.0 Å². The Labute approximate surface area is 120 Å². The first-order valence-corrected chi connectivity index (χ1v) is 6.21. The van der Waals surface area contributed by atoms with Crippen LogP contribution in [-0.2, 0) is 14.3 Å². The number of carbonyl (C=O) groups excluding carboxylic acids is 2. The zero-order chi connectivity index (χ0) is 16.0. The number of carbonyl (C=O) groups is 3. The molecule has 0 bridgehead atoms. The van der Waals surface area contributed by atoms with Gasteiger partial charge >= 0.3 is 11.9 Å². The van der Waals surface area contributed by atoms with E-state index >= 15 is 0 Å². The van der Waals surface area contributed by atoms with E-state index in [-0.39, 0.29) is 18.4 Å². The van der Waals surface area contributed by atoms with Crippen LogP contribution in [0.25, 0.3) is 0 Å². The summed E-state index contributed by atoms with van der Waals surface area (Å²) >= 11 is 0. The largest absolute Gasteiger partial charge is 0.480 e. The van der Waals surface area contributed by atoms with E-state index in [9.17, 15) is 18.8 Å². The van der Waals surface area contributed by atoms with Crippen molar-refractivity contribution in [1.82, 2.24) is 5.32 Å². The van der Waals surface area contributed by atoms with Gasteiger partial charge in [0.1, 0.15) is 11.9 Å². The summed E-state index contributed by atoms with van der Waals surface area (Å²) in [5, 5.41) is 11.3. The van der Waals surface area contributed by atoms with Crippen LogP contribution in [0.5, 0.6) is 0 Å². The fourth-order valence-electron chi connectivity index (χ4n) is 1.73. The highest BCUT2D eigenvalue weighted by atomic mass is 19.1. The first-order chi connectivity index (χ1) is 9.83. The number of aryl methyl sites for hydroxylation is 1. The number of aliphatic carboxylic acids is 1. The van der Waals surface area contributed by atoms with Gasteiger partial charge in [-0.3, -0.25) is 9.59 Å². The zero-order valence-electron chi connectivity index (χ0n) is 11.7. The van der Waals surface area contributed by atoms with Crippen molar-refractivity contribution in [2.75, 3.05) is 7.11 Å². The van der Waals surface area contributed by atoms with Gasteiger partial charge in [-0.15, -0.1) is 0 Å². The molecule has 1 rings (SSSR count). The molecule has 0 saturated heterocycles. The summed E-state index contributed by atoms with van der Waals surface area (Å²) in [6.07, 6.45) is -0.252. The minimum atomic E-state index is -1.28. The molecule has 0 aromatic heterocycles. The van der Waals surface area contributed by atoms with Gasteiger partial charge < -0.3 is 15.2 Å². The maximum absolute atomic E-state index is 13.2. The van der Waals surface area contributed by atoms with E-state index in [0.29, 0.717) is 5.56 Å². The Morgan fingerprint density at radius 3 is 2.52 bits per heavy atom. The van der Waals surface area contributed by atoms with Crippen molar-refractivity contribution >= 4 is 17.8 Å². The Kier molecular flexibility index (Phi) is 5.83. The van der Waals surface area contributed by atoms with E-state index < -0.39 is 29.7 Å². The molecule has 7 heteroatoms. The predicted molar refractivity (Wildman–Crippen MR) is 71.3 cm³/mol. The van der Waals surface area contributed by atoms with Crippen molar-refractivity contribution in [2.45, 2.75) is 25.8 Å². The normalized spacial score (nSPS) is 11.6. The third-order valence-electron chi connectivity index (χ3n) is 2.77. The third-order valence-corrected chi connectivity index (χ3v) is 2.77. The van der Waals surface area contributed by atoms with Crippen LogP contribution >= 0.6 is 0 Å². The first kappa shape index (κ1) is 16.6. The van der Waals surface area contributed by atoms with Crippen LogP contribution in [-0.4, -0.2) is 36.1 Å². The smallest absolute Gasteiger partial charge is 0.326 e. The lowest BCUT2D eigenvalue weighted by Crippen LogP contribution is -2.41. The molecule has 0 heterocycles. The van der Waals surface area contributed by atoms with Crippen molar-refractivity contribution in [1.29, 1.82) is 0 Å². The van der Waals surface area contributed by atoms with Gasteiger partial charge in [0.2, 0.25) is 0 Å². The fraction of sp³-hybridized carbons (Fsp3) is 0.357. The second kappa shape index (κ2) is 7.37. The monoisotopic (exact) mass is 297 g/mol. The van der Waals surface area contributed by atoms with E-state index in [2.05, 4.69) is 10.1 Å². The maximum Gasteiger partial charge on any atom is 0.326 e. The molecule has 1 atom stereocenters. The summed E-state index contributed by atoms with van der Waals surface area (Å²) < 4.78 is 17.6. The van der Waals surface area contributed by atoms with Gasteiger partial charge in [-0.25, -0.2) is 9.18 Å². The van der Waals surface area contributed by atoms with Crippen molar-refractivity contribution in [3.8, 4) is 0 Å². The van der Waals surface area contributed by atoms with Gasteiger partial charge in [0.15, 0.2) is 0 Å². The molecule has 0 aliphatic heterocycles. The number of methoxy groups -OCH3 is 1. The molecular formula is C14H16FNO5. The SMILES string of the molecule is COC(=O)CC[C@@H](NC(=O)c1cc(C)cc(F)c1)C(=O)O. The molecule has 2 N–H and O–H groups in total. The number of benzene rings is 1. The molecule has 0 saturated carbocycles. The zero-order valence-corrected chi connectivity index (χ0v) is 11.7. The topological polar surface area (TPSA) is 92.7 Å². The highest BCUT2D eigenvalue weighted by Gasteiger charge is 2.22. The summed E-state index contributed by atoms with van der Waals surface area (Å²) in [4.78, 5) is 34.0. The van der Waals surface area contributed by atoms with Gasteiger partial charge in [-0.2, -0.15) is 0 Å². The minimum Gasteiger partial charge on any atom is -0.480 e. The number of halogens is 1. The van der Waals surface area contributed by atoms with Crippen LogP contribution in [0.15, 0.2) is 18.2 Å². The number of nitrogens with one attached hydrogen (secondary N) is 1. The van der Waals surface area contributed by atoms with Gasteiger partial charge in [-0.05, 0) is 37.1 Å². The molecule has 6 nitrogen and oxygen atoms in total. The molecule has 1 amide bonds. The standard InChI is InChI=1S/C14H16FNO5/c1-8-5-9(7-10(15)6-8)13(18)16-11(14(19)20)3-4-12(17)21-2/h5-7,11H,3-4H2,1-2H3,(H,16,18)(H,19,20)/t11-/m1/s1. The highest BCUT2D eigenvalue weighted by Crippen LogP contribution is 2.09. The van der Waals surface area contributed by atoms with Crippen molar-refractivity contribution in [3.63, 3.8) is 0 Å². The predicted octanol–water partition coefficient (Wildman–Crippen LogP) is 1.27. The lowest BCUT2D eigenvalue weighted by atomic mass is 10.1. The van der Waals surface area contributed by atoms with Crippen LogP contribution in [0, 0.1) is 12.7 Å². The maximum atomic E-state index is 13.2. The quantitative estimate of drug-likeness (QED) is 0.771. The molecule has 114 valence electrons. The van der Waals surface area contributed by atoms with E-state index in [1.807, 2.05) is 0 Å². The van der Waals surface area contributed by atoms with E-state index in [0.717, 1.165) is 6.07 Å². The average molecular weight is 297 g/mol. The molecular weight excluding hydrogens is 281 g/mol. The van der Waals surface area contributed by atoms with Crippen LogP contribution in [0.2, 0.25) is 0 Å². The molecule has 0 aliphatic carbocycles. The molecule has 1 aromatic rings. The number of carboxylic acids is 1. The number of esters is 1. The highest BCUT2D eigenvalue weighted by molar-refractivity contribution is 5.96. The second-order valence-electron chi connectivity index (χ2n) is 4.50. The average Bonchev–Trinajstić information content (AvgIpc) is 2.41. The van der Waals surface area contributed by atoms with Gasteiger partial charge in [-0.1, -0.05) is 0 Å². The van der Waals surface area contributed by atoms with Crippen LogP contribution in [0.3, 0.4) is 0 Å². The summed E-state index contributed by atoms with van der Waals surface area (Å²) in [6, 6.07) is 2.46. The number of hydrogen-bond donors (Lipinski definition) is 2. The molecule has 0 radical (unpaired) electrons. The minimum absolute atomic E-state index is 0.0248. The van der Waals surface area contributed by atoms with Gasteiger partial charge in [0.05, 0.1) is 7.11 Å². The number of amides is 1. The lowest BCUT2D eigenvalue weighted by molar-refractivity contribution is -0.142. The van der Waals surface area contributed by atoms with Crippen molar-refractivity contribution < 1.29 is 28.6 Å². The Morgan fingerprint density at radius 1 is 1.33 bits per heavy atom. The lowest BCUT2D eigenvalue weighted by Gasteiger charge is -2.14. The summed E-state index contributed by atoms with van der Waals surface area (Å²) in [5.41, 5.74) is 0.568. The number of carboxylic acid groups (broad SMARTS) is 1. The third kappa shape index (κ3) is 5.21. The van der Waals surface area contributed by atoms with Crippen LogP contribution in [0.1, 0.15) is 28.8 Å². The fourth-order valence-corrected chi connectivity index (χ4v) is 1.73. The molecule has 0 fully saturated rings. The molecule has 0 aliphatic rings. The summed E-state index contributed by atoms with van der Waals surface area (Å²) in [5.74, 6) is -3.14. The summed E-state index contributed by atoms with van der Waals surface area (Å²) in [6.45, 7) is 1.62. The van der Waals surface area contributed by atoms with E-state index in [1.165, 1.54) is 19.2 Å². The molecule has 0 unspecified atom stereocenters. The number of ether oxygens (including phenoxy) is 1. The second-order valence-corrected chi connectivity index (χ2v) is 4.50. The Balaban J connectivity index is 2.76. The Hall–Kier alpha value is -2.44. The first-order valence-electron chi connectivity index (χ1n) is 6.21. The number of hydrogen-bond acceptors (Lipinski definition) is 4. The van der Waals surface area contributed by atoms with Crippen LogP contribution < -0.4 is 5.32 Å². The van der Waals surface area contributed by atoms with E-state index in [4.69, 9.17) is 5.11 Å². The summed E-state index contributed by atoms with van der Waals surface area (Å²) in [7, 11) is 1.19. The van der Waals surface area contributed by atoms with Gasteiger partial charge in [0.25, 0.3) is 5.91 Å².